The van der Waals surface area contributed by atoms with Crippen LogP contribution in [0.25, 0.3) is 0 Å². The van der Waals surface area contributed by atoms with Gasteiger partial charge in [-0.25, -0.2) is 9.36 Å². The first-order chi connectivity index (χ1) is 14.0. The van der Waals surface area contributed by atoms with Crippen molar-refractivity contribution in [2.24, 2.45) is 7.05 Å². The first kappa shape index (κ1) is 22.3. The minimum Gasteiger partial charge on any atom is -0.543 e. The van der Waals surface area contributed by atoms with E-state index in [1.807, 2.05) is 0 Å². The van der Waals surface area contributed by atoms with Gasteiger partial charge in [0.2, 0.25) is 11.1 Å². The molecule has 2 aromatic rings. The fourth-order valence-corrected chi connectivity index (χ4v) is 5.23. The number of thioether (sulfide) groups is 2. The Balaban J connectivity index is 0.00000256. The molecule has 30 heavy (non-hydrogen) atoms. The van der Waals surface area contributed by atoms with Crippen LogP contribution in [0.2, 0.25) is 0 Å². The Morgan fingerprint density at radius 2 is 2.17 bits per heavy atom. The molecular formula is C13H13LiN10O4S2. The maximum Gasteiger partial charge on any atom is 1.00 e. The molecule has 2 aliphatic heterocycles. The van der Waals surface area contributed by atoms with E-state index in [1.54, 1.807) is 7.05 Å². The van der Waals surface area contributed by atoms with Crippen LogP contribution in [-0.2, 0) is 28.0 Å². The van der Waals surface area contributed by atoms with Gasteiger partial charge in [-0.05, 0) is 26.4 Å². The number of carboxylic acids is 1. The number of carbonyl (C=O) groups is 3. The number of aliphatic carboxylic acids is 1. The summed E-state index contributed by atoms with van der Waals surface area (Å²) in [7, 11) is 1.67. The molecule has 0 aromatic carbocycles. The van der Waals surface area contributed by atoms with Crippen molar-refractivity contribution in [1.82, 2.24) is 50.6 Å². The Hall–Kier alpha value is -2.41. The summed E-state index contributed by atoms with van der Waals surface area (Å²) in [6.07, 6.45) is 1.28. The summed E-state index contributed by atoms with van der Waals surface area (Å²) in [5.74, 6) is -1.73. The van der Waals surface area contributed by atoms with Crippen molar-refractivity contribution in [1.29, 1.82) is 0 Å². The largest absolute Gasteiger partial charge is 1.00 e. The molecule has 152 valence electrons. The quantitative estimate of drug-likeness (QED) is 0.243. The van der Waals surface area contributed by atoms with Gasteiger partial charge in [-0.1, -0.05) is 11.8 Å². The fraction of sp³-hybridized carbons (Fsp3) is 0.462. The van der Waals surface area contributed by atoms with Crippen LogP contribution in [0.3, 0.4) is 0 Å². The maximum absolute atomic E-state index is 12.6. The van der Waals surface area contributed by atoms with Gasteiger partial charge >= 0.3 is 18.9 Å². The number of hydrogen-bond donors (Lipinski definition) is 1. The summed E-state index contributed by atoms with van der Waals surface area (Å²) in [5, 5.41) is 35.9. The number of aryl methyl sites for hydroxylation is 1. The van der Waals surface area contributed by atoms with Gasteiger partial charge in [0.1, 0.15) is 24.3 Å². The maximum atomic E-state index is 12.6. The number of fused-ring (bicyclic) bond motifs is 1. The van der Waals surface area contributed by atoms with Gasteiger partial charge in [0, 0.05) is 18.6 Å². The van der Waals surface area contributed by atoms with Crippen LogP contribution in [0.15, 0.2) is 22.8 Å². The molecule has 4 heterocycles. The first-order valence-corrected chi connectivity index (χ1v) is 10.2. The number of tetrazole rings is 2. The molecule has 14 nitrogen and oxygen atoms in total. The second-order valence-corrected chi connectivity index (χ2v) is 8.12. The van der Waals surface area contributed by atoms with E-state index in [4.69, 9.17) is 0 Å². The zero-order valence-electron chi connectivity index (χ0n) is 15.8. The molecule has 4 rings (SSSR count). The van der Waals surface area contributed by atoms with Crippen molar-refractivity contribution in [2.75, 3.05) is 11.5 Å². The number of carbonyl (C=O) groups excluding carboxylic acids is 3. The first-order valence-electron chi connectivity index (χ1n) is 8.19. The standard InChI is InChI=1S/C13H14N10O4S2.Li/c1-21-13(16-18-19-21)29-4-6-3-28-11-8(10(25)23(11)9(6)12(26)27)15-7(24)2-22-5-14-17-20-22;/h5,8,11H,2-4H2,1H3,(H,15,24)(H,26,27);/q;+1/p-1/t8?,11-;/m1./s1. The average Bonchev–Trinajstić information content (AvgIpc) is 3.35. The summed E-state index contributed by atoms with van der Waals surface area (Å²) < 4.78 is 2.68. The Labute approximate surface area is 189 Å². The minimum absolute atomic E-state index is 0. The number of β-lactam (4-membered cyclic amide) rings is 1. The number of rotatable bonds is 7. The van der Waals surface area contributed by atoms with E-state index in [2.05, 4.69) is 36.4 Å². The van der Waals surface area contributed by atoms with Crippen molar-refractivity contribution >= 4 is 41.3 Å². The predicted octanol–water partition coefficient (Wildman–Crippen LogP) is -6.60. The van der Waals surface area contributed by atoms with Crippen LogP contribution in [-0.4, -0.2) is 86.0 Å². The van der Waals surface area contributed by atoms with Crippen LogP contribution in [0.5, 0.6) is 0 Å². The normalized spacial score (nSPS) is 20.3. The zero-order valence-corrected chi connectivity index (χ0v) is 17.5. The number of nitrogens with one attached hydrogen (secondary N) is 1. The molecule has 1 N–H and O–H groups in total. The molecule has 2 amide bonds. The molecule has 0 aliphatic carbocycles. The molecule has 17 heteroatoms. The second kappa shape index (κ2) is 9.16. The van der Waals surface area contributed by atoms with Crippen LogP contribution >= 0.6 is 23.5 Å². The Morgan fingerprint density at radius 1 is 1.37 bits per heavy atom. The predicted molar refractivity (Wildman–Crippen MR) is 94.4 cm³/mol. The van der Waals surface area contributed by atoms with Gasteiger partial charge in [-0.3, -0.25) is 14.5 Å². The van der Waals surface area contributed by atoms with E-state index in [0.29, 0.717) is 16.5 Å². The third-order valence-corrected chi connectivity index (χ3v) is 6.65. The van der Waals surface area contributed by atoms with E-state index in [0.717, 1.165) is 4.90 Å². The van der Waals surface area contributed by atoms with E-state index in [-0.39, 0.29) is 36.9 Å². The van der Waals surface area contributed by atoms with Gasteiger partial charge in [0.25, 0.3) is 5.91 Å². The summed E-state index contributed by atoms with van der Waals surface area (Å²) in [6.45, 7) is -0.148. The molecule has 0 saturated carbocycles. The van der Waals surface area contributed by atoms with E-state index in [1.165, 1.54) is 39.2 Å². The summed E-state index contributed by atoms with van der Waals surface area (Å²) >= 11 is 2.63. The van der Waals surface area contributed by atoms with Crippen LogP contribution in [0.1, 0.15) is 0 Å². The van der Waals surface area contributed by atoms with E-state index in [9.17, 15) is 19.5 Å². The monoisotopic (exact) mass is 444 g/mol. The van der Waals surface area contributed by atoms with Crippen molar-refractivity contribution in [3.63, 3.8) is 0 Å². The summed E-state index contributed by atoms with van der Waals surface area (Å²) in [5.41, 5.74) is 0.374. The molecule has 1 unspecified atom stereocenters. The third kappa shape index (κ3) is 4.21. The number of nitrogens with zero attached hydrogens (tertiary/aromatic N) is 9. The molecule has 0 radical (unpaired) electrons. The average molecular weight is 444 g/mol. The summed E-state index contributed by atoms with van der Waals surface area (Å²) in [6, 6.07) is -0.824. The van der Waals surface area contributed by atoms with Gasteiger partial charge < -0.3 is 15.2 Å². The van der Waals surface area contributed by atoms with E-state index >= 15 is 0 Å². The number of carboxylic acid groups (broad SMARTS) is 1. The minimum atomic E-state index is -1.44. The molecular weight excluding hydrogens is 431 g/mol. The van der Waals surface area contributed by atoms with Crippen molar-refractivity contribution in [2.45, 2.75) is 23.1 Å². The molecule has 2 atom stereocenters. The second-order valence-electron chi connectivity index (χ2n) is 6.08. The van der Waals surface area contributed by atoms with Gasteiger partial charge in [0.05, 0.1) is 11.7 Å². The number of aromatic nitrogens is 8. The molecule has 0 bridgehead atoms. The van der Waals surface area contributed by atoms with Crippen molar-refractivity contribution in [3.8, 4) is 0 Å². The molecule has 1 fully saturated rings. The smallest absolute Gasteiger partial charge is 0.543 e. The van der Waals surface area contributed by atoms with Gasteiger partial charge in [-0.15, -0.1) is 22.0 Å². The van der Waals surface area contributed by atoms with Crippen molar-refractivity contribution < 1.29 is 38.4 Å². The Bertz CT molecular complexity index is 996. The SMILES string of the molecule is Cn1nnnc1SCC1=C(C(=O)[O-])N2C(=O)C(NC(=O)Cn3cnnn3)[C@H]2SC1.[Li+]. The fourth-order valence-electron chi connectivity index (χ4n) is 2.90. The third-order valence-electron chi connectivity index (χ3n) is 4.21. The Morgan fingerprint density at radius 3 is 2.80 bits per heavy atom. The zero-order chi connectivity index (χ0) is 20.5. The molecule has 1 saturated heterocycles. The Kier molecular flexibility index (Phi) is 6.80. The number of hydrogen-bond acceptors (Lipinski definition) is 12. The number of amides is 2. The van der Waals surface area contributed by atoms with Crippen LogP contribution in [0, 0.1) is 0 Å². The van der Waals surface area contributed by atoms with Crippen LogP contribution < -0.4 is 29.3 Å². The molecule has 2 aliphatic rings. The topological polar surface area (TPSA) is 177 Å². The summed E-state index contributed by atoms with van der Waals surface area (Å²) in [4.78, 5) is 37.6. The van der Waals surface area contributed by atoms with Gasteiger partial charge in [-0.2, -0.15) is 0 Å². The van der Waals surface area contributed by atoms with E-state index < -0.39 is 29.2 Å². The van der Waals surface area contributed by atoms with Crippen molar-refractivity contribution in [3.05, 3.63) is 17.6 Å². The van der Waals surface area contributed by atoms with Crippen LogP contribution in [0.4, 0.5) is 0 Å². The molecule has 0 spiro atoms. The van der Waals surface area contributed by atoms with Gasteiger partial charge in [0.15, 0.2) is 0 Å². The molecule has 2 aromatic heterocycles.